The van der Waals surface area contributed by atoms with Crippen LogP contribution in [0.15, 0.2) is 12.1 Å². The molecule has 0 aromatic heterocycles. The van der Waals surface area contributed by atoms with Gasteiger partial charge in [-0.3, -0.25) is 4.79 Å². The highest BCUT2D eigenvalue weighted by atomic mass is 16.6. The number of nitrogens with zero attached hydrogens (tertiary/aromatic N) is 2. The topological polar surface area (TPSA) is 88.2 Å². The molecule has 2 aliphatic rings. The molecular weight excluding hydrogens is 422 g/mol. The second-order valence-electron chi connectivity index (χ2n) is 10.1. The minimum absolute atomic E-state index is 0.0425. The molecule has 3 rings (SSSR count). The summed E-state index contributed by atoms with van der Waals surface area (Å²) in [4.78, 5) is 41.2. The Balaban J connectivity index is 1.82. The number of anilines is 2. The molecule has 33 heavy (non-hydrogen) atoms. The molecular formula is C25H37N3O5. The van der Waals surface area contributed by atoms with Crippen LogP contribution >= 0.6 is 0 Å². The maximum atomic E-state index is 12.5. The van der Waals surface area contributed by atoms with E-state index in [1.165, 1.54) is 7.11 Å². The number of methoxy groups -OCH3 is 1. The largest absolute Gasteiger partial charge is 0.465 e. The first-order valence-corrected chi connectivity index (χ1v) is 11.7. The van der Waals surface area contributed by atoms with Gasteiger partial charge in [-0.25, -0.2) is 9.59 Å². The third-order valence-electron chi connectivity index (χ3n) is 6.32. The zero-order chi connectivity index (χ0) is 24.5. The molecule has 2 fully saturated rings. The molecule has 1 aliphatic heterocycles. The summed E-state index contributed by atoms with van der Waals surface area (Å²) in [5.74, 6) is -0.258. The van der Waals surface area contributed by atoms with Gasteiger partial charge in [0, 0.05) is 37.8 Å². The molecule has 2 amide bonds. The van der Waals surface area contributed by atoms with Crippen LogP contribution in [0, 0.1) is 12.8 Å². The van der Waals surface area contributed by atoms with Crippen LogP contribution < -0.4 is 15.1 Å². The van der Waals surface area contributed by atoms with Gasteiger partial charge in [0.2, 0.25) is 5.91 Å². The molecule has 8 heteroatoms. The van der Waals surface area contributed by atoms with Gasteiger partial charge in [0.1, 0.15) is 5.60 Å². The van der Waals surface area contributed by atoms with Crippen molar-refractivity contribution in [3.63, 3.8) is 0 Å². The zero-order valence-electron chi connectivity index (χ0n) is 20.9. The van der Waals surface area contributed by atoms with Gasteiger partial charge in [-0.05, 0) is 77.5 Å². The lowest BCUT2D eigenvalue weighted by atomic mass is 10.0. The SMILES string of the molecule is COC(=O)c1ccc(N2CC[C@@H]([C@H](C)NC(=O)OC(C)(C)C)C2)c(C)c1N(C(C)=O)C1CC1. The van der Waals surface area contributed by atoms with Crippen LogP contribution in [0.4, 0.5) is 16.2 Å². The second kappa shape index (κ2) is 9.61. The Morgan fingerprint density at radius 3 is 2.39 bits per heavy atom. The van der Waals surface area contributed by atoms with E-state index < -0.39 is 17.7 Å². The lowest BCUT2D eigenvalue weighted by Crippen LogP contribution is -2.42. The Morgan fingerprint density at radius 2 is 1.85 bits per heavy atom. The maximum absolute atomic E-state index is 12.5. The van der Waals surface area contributed by atoms with Gasteiger partial charge >= 0.3 is 12.1 Å². The minimum Gasteiger partial charge on any atom is -0.465 e. The van der Waals surface area contributed by atoms with E-state index in [9.17, 15) is 14.4 Å². The van der Waals surface area contributed by atoms with Crippen molar-refractivity contribution in [1.82, 2.24) is 5.32 Å². The third kappa shape index (κ3) is 5.78. The van der Waals surface area contributed by atoms with Gasteiger partial charge < -0.3 is 24.6 Å². The quantitative estimate of drug-likeness (QED) is 0.646. The molecule has 1 heterocycles. The molecule has 8 nitrogen and oxygen atoms in total. The van der Waals surface area contributed by atoms with Crippen molar-refractivity contribution in [2.24, 2.45) is 5.92 Å². The van der Waals surface area contributed by atoms with Gasteiger partial charge in [0.15, 0.2) is 0 Å². The van der Waals surface area contributed by atoms with E-state index >= 15 is 0 Å². The fraction of sp³-hybridized carbons (Fsp3) is 0.640. The van der Waals surface area contributed by atoms with Crippen LogP contribution in [0.2, 0.25) is 0 Å². The van der Waals surface area contributed by atoms with Gasteiger partial charge in [0.25, 0.3) is 0 Å². The minimum atomic E-state index is -0.537. The molecule has 1 aromatic rings. The second-order valence-corrected chi connectivity index (χ2v) is 10.1. The smallest absolute Gasteiger partial charge is 0.407 e. The van der Waals surface area contributed by atoms with Crippen molar-refractivity contribution in [2.45, 2.75) is 78.5 Å². The third-order valence-corrected chi connectivity index (χ3v) is 6.32. The number of alkyl carbamates (subject to hydrolysis) is 1. The number of benzene rings is 1. The average molecular weight is 460 g/mol. The summed E-state index contributed by atoms with van der Waals surface area (Å²) < 4.78 is 10.4. The molecule has 2 atom stereocenters. The fourth-order valence-corrected chi connectivity index (χ4v) is 4.57. The number of nitrogens with one attached hydrogen (secondary N) is 1. The standard InChI is InChI=1S/C25H37N3O5/c1-15-21(27-13-12-18(14-27)16(2)26-24(31)33-25(4,5)6)11-10-20(23(30)32-7)22(15)28(17(3)29)19-8-9-19/h10-11,16,18-19H,8-9,12-14H2,1-7H3,(H,26,31)/t16-,18+/m0/s1. The van der Waals surface area contributed by atoms with E-state index in [0.717, 1.165) is 43.6 Å². The van der Waals surface area contributed by atoms with Crippen molar-refractivity contribution in [3.05, 3.63) is 23.3 Å². The lowest BCUT2D eigenvalue weighted by Gasteiger charge is -2.30. The van der Waals surface area contributed by atoms with Crippen molar-refractivity contribution >= 4 is 29.3 Å². The molecule has 1 saturated carbocycles. The van der Waals surface area contributed by atoms with Crippen LogP contribution in [0.1, 0.15) is 69.8 Å². The van der Waals surface area contributed by atoms with Crippen molar-refractivity contribution in [2.75, 3.05) is 30.0 Å². The highest BCUT2D eigenvalue weighted by Gasteiger charge is 2.37. The van der Waals surface area contributed by atoms with Gasteiger partial charge in [0.05, 0.1) is 18.4 Å². The number of esters is 1. The highest BCUT2D eigenvalue weighted by Crippen LogP contribution is 2.41. The first kappa shape index (κ1) is 24.9. The highest BCUT2D eigenvalue weighted by molar-refractivity contribution is 6.04. The molecule has 0 unspecified atom stereocenters. The summed E-state index contributed by atoms with van der Waals surface area (Å²) in [5.41, 5.74) is 2.42. The molecule has 0 radical (unpaired) electrons. The number of ether oxygens (including phenoxy) is 2. The predicted octanol–water partition coefficient (Wildman–Crippen LogP) is 4.04. The molecule has 182 valence electrons. The van der Waals surface area contributed by atoms with Gasteiger partial charge in [-0.15, -0.1) is 0 Å². The summed E-state index contributed by atoms with van der Waals surface area (Å²) in [6.07, 6.45) is 2.38. The molecule has 1 N–H and O–H groups in total. The maximum Gasteiger partial charge on any atom is 0.407 e. The van der Waals surface area contributed by atoms with Crippen LogP contribution in [0.5, 0.6) is 0 Å². The van der Waals surface area contributed by atoms with E-state index in [4.69, 9.17) is 9.47 Å². The van der Waals surface area contributed by atoms with Gasteiger partial charge in [-0.1, -0.05) is 0 Å². The first-order chi connectivity index (χ1) is 15.4. The average Bonchev–Trinajstić information content (AvgIpc) is 3.41. The molecule has 1 saturated heterocycles. The Bertz CT molecular complexity index is 919. The van der Waals surface area contributed by atoms with Crippen LogP contribution in [0.25, 0.3) is 0 Å². The molecule has 1 aromatic carbocycles. The Kier molecular flexibility index (Phi) is 7.24. The van der Waals surface area contributed by atoms with E-state index in [1.54, 1.807) is 17.9 Å². The van der Waals surface area contributed by atoms with E-state index in [0.29, 0.717) is 11.3 Å². The summed E-state index contributed by atoms with van der Waals surface area (Å²) in [6, 6.07) is 3.78. The van der Waals surface area contributed by atoms with Crippen molar-refractivity contribution in [3.8, 4) is 0 Å². The number of hydrogen-bond donors (Lipinski definition) is 1. The summed E-state index contributed by atoms with van der Waals surface area (Å²) in [7, 11) is 1.36. The number of rotatable bonds is 6. The number of carbonyl (C=O) groups excluding carboxylic acids is 3. The monoisotopic (exact) mass is 459 g/mol. The molecule has 0 spiro atoms. The van der Waals surface area contributed by atoms with Gasteiger partial charge in [-0.2, -0.15) is 0 Å². The first-order valence-electron chi connectivity index (χ1n) is 11.7. The number of hydrogen-bond acceptors (Lipinski definition) is 6. The van der Waals surface area contributed by atoms with Crippen LogP contribution in [-0.2, 0) is 14.3 Å². The summed E-state index contributed by atoms with van der Waals surface area (Å²) in [6.45, 7) is 12.6. The Labute approximate surface area is 196 Å². The van der Waals surface area contributed by atoms with E-state index in [2.05, 4.69) is 10.2 Å². The van der Waals surface area contributed by atoms with E-state index in [1.807, 2.05) is 40.7 Å². The fourth-order valence-electron chi connectivity index (χ4n) is 4.57. The number of amides is 2. The van der Waals surface area contributed by atoms with Crippen molar-refractivity contribution < 1.29 is 23.9 Å². The van der Waals surface area contributed by atoms with Crippen LogP contribution in [0.3, 0.4) is 0 Å². The summed E-state index contributed by atoms with van der Waals surface area (Å²) in [5, 5.41) is 2.96. The summed E-state index contributed by atoms with van der Waals surface area (Å²) >= 11 is 0. The van der Waals surface area contributed by atoms with Crippen molar-refractivity contribution in [1.29, 1.82) is 0 Å². The normalized spacial score (nSPS) is 19.1. The van der Waals surface area contributed by atoms with E-state index in [-0.39, 0.29) is 23.9 Å². The zero-order valence-corrected chi connectivity index (χ0v) is 20.9. The number of carbonyl (C=O) groups is 3. The Morgan fingerprint density at radius 1 is 1.18 bits per heavy atom. The van der Waals surface area contributed by atoms with Crippen LogP contribution in [-0.4, -0.2) is 55.9 Å². The lowest BCUT2D eigenvalue weighted by molar-refractivity contribution is -0.116. The Hall–Kier alpha value is -2.77. The predicted molar refractivity (Wildman–Crippen MR) is 128 cm³/mol. The molecule has 0 bridgehead atoms. The molecule has 1 aliphatic carbocycles.